The molecule has 0 saturated carbocycles. The molecule has 0 aliphatic carbocycles. The van der Waals surface area contributed by atoms with Crippen LogP contribution in [0.3, 0.4) is 0 Å². The van der Waals surface area contributed by atoms with E-state index in [4.69, 9.17) is 11.6 Å². The first kappa shape index (κ1) is 14.1. The van der Waals surface area contributed by atoms with Gasteiger partial charge in [-0.25, -0.2) is 4.98 Å². The van der Waals surface area contributed by atoms with Crippen LogP contribution in [-0.4, -0.2) is 23.1 Å². The van der Waals surface area contributed by atoms with Crippen molar-refractivity contribution in [3.63, 3.8) is 0 Å². The largest absolute Gasteiger partial charge is 0.417 e. The molecule has 0 bridgehead atoms. The second-order valence-electron chi connectivity index (χ2n) is 4.88. The second kappa shape index (κ2) is 5.18. The number of halogens is 4. The van der Waals surface area contributed by atoms with Crippen molar-refractivity contribution in [2.24, 2.45) is 0 Å². The maximum absolute atomic E-state index is 12.6. The Hall–Kier alpha value is -1.82. The summed E-state index contributed by atoms with van der Waals surface area (Å²) in [5.41, 5.74) is 0.134. The fourth-order valence-corrected chi connectivity index (χ4v) is 2.56. The molecule has 2 aromatic heterocycles. The van der Waals surface area contributed by atoms with Crippen LogP contribution in [0.25, 0.3) is 0 Å². The summed E-state index contributed by atoms with van der Waals surface area (Å²) in [6.45, 7) is 1.30. The van der Waals surface area contributed by atoms with E-state index in [0.29, 0.717) is 18.9 Å². The first-order valence-corrected chi connectivity index (χ1v) is 6.71. The van der Waals surface area contributed by atoms with Crippen LogP contribution in [0.15, 0.2) is 36.7 Å². The highest BCUT2D eigenvalue weighted by molar-refractivity contribution is 6.33. The lowest BCUT2D eigenvalue weighted by molar-refractivity contribution is -0.137. The summed E-state index contributed by atoms with van der Waals surface area (Å²) in [5.74, 6) is 0.642. The van der Waals surface area contributed by atoms with E-state index in [2.05, 4.69) is 9.97 Å². The molecule has 3 rings (SSSR count). The van der Waals surface area contributed by atoms with Crippen LogP contribution in [0.5, 0.6) is 0 Å². The fourth-order valence-electron chi connectivity index (χ4n) is 2.27. The van der Waals surface area contributed by atoms with Crippen LogP contribution in [0.4, 0.5) is 19.0 Å². The summed E-state index contributed by atoms with van der Waals surface area (Å²) in [4.78, 5) is 9.97. The van der Waals surface area contributed by atoms with Crippen molar-refractivity contribution in [2.75, 3.05) is 18.0 Å². The summed E-state index contributed by atoms with van der Waals surface area (Å²) < 4.78 is 37.7. The Bertz CT molecular complexity index is 640. The molecule has 110 valence electrons. The lowest BCUT2D eigenvalue weighted by atomic mass is 9.96. The predicted octanol–water partition coefficient (Wildman–Crippen LogP) is 3.75. The SMILES string of the molecule is FC(F)(F)c1cnc(N2CC(c3ccccn3)C2)c(Cl)c1. The van der Waals surface area contributed by atoms with E-state index in [-0.39, 0.29) is 10.9 Å². The number of anilines is 1. The number of hydrogen-bond donors (Lipinski definition) is 0. The summed E-state index contributed by atoms with van der Waals surface area (Å²) >= 11 is 5.92. The first-order valence-electron chi connectivity index (χ1n) is 6.34. The monoisotopic (exact) mass is 313 g/mol. The normalized spacial score (nSPS) is 15.9. The minimum absolute atomic E-state index is 0.0179. The van der Waals surface area contributed by atoms with Crippen LogP contribution < -0.4 is 4.90 Å². The number of nitrogens with zero attached hydrogens (tertiary/aromatic N) is 3. The van der Waals surface area contributed by atoms with Crippen molar-refractivity contribution in [3.8, 4) is 0 Å². The van der Waals surface area contributed by atoms with Crippen LogP contribution in [-0.2, 0) is 6.18 Å². The lowest BCUT2D eigenvalue weighted by Gasteiger charge is -2.40. The van der Waals surface area contributed by atoms with Crippen molar-refractivity contribution < 1.29 is 13.2 Å². The summed E-state index contributed by atoms with van der Waals surface area (Å²) in [7, 11) is 0. The van der Waals surface area contributed by atoms with Gasteiger partial charge in [0.1, 0.15) is 5.82 Å². The fraction of sp³-hybridized carbons (Fsp3) is 0.286. The third-order valence-corrected chi connectivity index (χ3v) is 3.71. The van der Waals surface area contributed by atoms with Gasteiger partial charge in [-0.15, -0.1) is 0 Å². The Morgan fingerprint density at radius 1 is 1.19 bits per heavy atom. The molecule has 2 aromatic rings. The maximum atomic E-state index is 12.6. The third kappa shape index (κ3) is 2.81. The van der Waals surface area contributed by atoms with Gasteiger partial charge in [0.25, 0.3) is 0 Å². The van der Waals surface area contributed by atoms with E-state index in [1.165, 1.54) is 0 Å². The van der Waals surface area contributed by atoms with Gasteiger partial charge in [-0.2, -0.15) is 13.2 Å². The van der Waals surface area contributed by atoms with Crippen LogP contribution in [0.2, 0.25) is 5.02 Å². The van der Waals surface area contributed by atoms with Gasteiger partial charge in [0.05, 0.1) is 10.6 Å². The van der Waals surface area contributed by atoms with E-state index in [1.54, 1.807) is 6.20 Å². The van der Waals surface area contributed by atoms with Gasteiger partial charge in [-0.3, -0.25) is 4.98 Å². The molecule has 0 amide bonds. The summed E-state index contributed by atoms with van der Waals surface area (Å²) in [5, 5.41) is 0.0179. The quantitative estimate of drug-likeness (QED) is 0.845. The highest BCUT2D eigenvalue weighted by atomic mass is 35.5. The molecule has 0 spiro atoms. The molecule has 0 N–H and O–H groups in total. The standard InChI is InChI=1S/C14H11ClF3N3/c15-11-5-10(14(16,17)18)6-20-13(11)21-7-9(8-21)12-3-1-2-4-19-12/h1-6,9H,7-8H2. The Labute approximate surface area is 124 Å². The van der Waals surface area contributed by atoms with Crippen molar-refractivity contribution in [2.45, 2.75) is 12.1 Å². The van der Waals surface area contributed by atoms with E-state index in [9.17, 15) is 13.2 Å². The van der Waals surface area contributed by atoms with Crippen LogP contribution >= 0.6 is 11.6 Å². The van der Waals surface area contributed by atoms with Crippen molar-refractivity contribution in [1.29, 1.82) is 0 Å². The van der Waals surface area contributed by atoms with E-state index >= 15 is 0 Å². The smallest absolute Gasteiger partial charge is 0.354 e. The molecular weight excluding hydrogens is 303 g/mol. The average molecular weight is 314 g/mol. The zero-order valence-electron chi connectivity index (χ0n) is 10.8. The highest BCUT2D eigenvalue weighted by Crippen LogP contribution is 2.37. The minimum atomic E-state index is -4.43. The zero-order chi connectivity index (χ0) is 15.0. The minimum Gasteiger partial charge on any atom is -0.354 e. The summed E-state index contributed by atoms with van der Waals surface area (Å²) in [6, 6.07) is 6.60. The molecule has 0 unspecified atom stereocenters. The number of hydrogen-bond acceptors (Lipinski definition) is 3. The molecule has 1 aliphatic heterocycles. The molecule has 1 fully saturated rings. The zero-order valence-corrected chi connectivity index (χ0v) is 11.6. The third-order valence-electron chi connectivity index (χ3n) is 3.44. The van der Waals surface area contributed by atoms with Crippen LogP contribution in [0, 0.1) is 0 Å². The van der Waals surface area contributed by atoms with Gasteiger partial charge in [0.15, 0.2) is 0 Å². The second-order valence-corrected chi connectivity index (χ2v) is 5.29. The molecule has 3 nitrogen and oxygen atoms in total. The van der Waals surface area contributed by atoms with E-state index < -0.39 is 11.7 Å². The van der Waals surface area contributed by atoms with Gasteiger partial charge < -0.3 is 4.90 Å². The maximum Gasteiger partial charge on any atom is 0.417 e. The number of aromatic nitrogens is 2. The molecule has 0 radical (unpaired) electrons. The first-order chi connectivity index (χ1) is 9.95. The molecule has 3 heterocycles. The Morgan fingerprint density at radius 3 is 2.52 bits per heavy atom. The molecule has 7 heteroatoms. The molecule has 0 aromatic carbocycles. The highest BCUT2D eigenvalue weighted by Gasteiger charge is 2.34. The van der Waals surface area contributed by atoms with E-state index in [0.717, 1.165) is 18.0 Å². The van der Waals surface area contributed by atoms with Gasteiger partial charge in [0, 0.05) is 37.1 Å². The molecule has 0 atom stereocenters. The number of rotatable bonds is 2. The predicted molar refractivity (Wildman–Crippen MR) is 73.4 cm³/mol. The Morgan fingerprint density at radius 2 is 1.95 bits per heavy atom. The average Bonchev–Trinajstić information content (AvgIpc) is 2.39. The topological polar surface area (TPSA) is 29.0 Å². The molecule has 1 saturated heterocycles. The molecule has 21 heavy (non-hydrogen) atoms. The molecule has 1 aliphatic rings. The van der Waals surface area contributed by atoms with Crippen molar-refractivity contribution in [3.05, 3.63) is 52.9 Å². The Balaban J connectivity index is 1.73. The van der Waals surface area contributed by atoms with Gasteiger partial charge in [0.2, 0.25) is 0 Å². The van der Waals surface area contributed by atoms with Crippen molar-refractivity contribution >= 4 is 17.4 Å². The summed E-state index contributed by atoms with van der Waals surface area (Å²) in [6.07, 6.45) is -1.89. The lowest BCUT2D eigenvalue weighted by Crippen LogP contribution is -2.46. The Kier molecular flexibility index (Phi) is 3.49. The van der Waals surface area contributed by atoms with Crippen LogP contribution in [0.1, 0.15) is 17.2 Å². The van der Waals surface area contributed by atoms with Crippen molar-refractivity contribution in [1.82, 2.24) is 9.97 Å². The van der Waals surface area contributed by atoms with Gasteiger partial charge in [-0.1, -0.05) is 17.7 Å². The number of alkyl halides is 3. The number of pyridine rings is 2. The van der Waals surface area contributed by atoms with Gasteiger partial charge in [-0.05, 0) is 18.2 Å². The van der Waals surface area contributed by atoms with E-state index in [1.807, 2.05) is 23.1 Å². The molecular formula is C14H11ClF3N3. The van der Waals surface area contributed by atoms with Gasteiger partial charge >= 0.3 is 6.18 Å².